The maximum Gasteiger partial charge on any atom is 0.573 e. The number of ether oxygens (including phenoxy) is 1. The molecule has 3 rings (SSSR count). The molecular formula is C27H25F3NO4-. The molecule has 184 valence electrons. The van der Waals surface area contributed by atoms with Gasteiger partial charge >= 0.3 is 6.36 Å². The second-order valence-corrected chi connectivity index (χ2v) is 9.26. The molecule has 3 aromatic rings. The third-order valence-electron chi connectivity index (χ3n) is 5.38. The van der Waals surface area contributed by atoms with Crippen molar-refractivity contribution in [1.29, 1.82) is 0 Å². The Bertz CT molecular complexity index is 1210. The van der Waals surface area contributed by atoms with Crippen molar-refractivity contribution in [2.45, 2.75) is 46.0 Å². The van der Waals surface area contributed by atoms with E-state index in [-0.39, 0.29) is 17.7 Å². The van der Waals surface area contributed by atoms with Crippen LogP contribution in [0.4, 0.5) is 18.9 Å². The predicted octanol–water partition coefficient (Wildman–Crippen LogP) is 5.14. The van der Waals surface area contributed by atoms with Crippen molar-refractivity contribution in [3.8, 4) is 16.9 Å². The number of rotatable bonds is 5. The Labute approximate surface area is 201 Å². The first-order chi connectivity index (χ1) is 16.2. The van der Waals surface area contributed by atoms with Gasteiger partial charge in [-0.3, -0.25) is 4.79 Å². The average Bonchev–Trinajstić information content (AvgIpc) is 2.75. The van der Waals surface area contributed by atoms with Gasteiger partial charge in [0.2, 0.25) is 0 Å². The molecule has 0 bridgehead atoms. The Kier molecular flexibility index (Phi) is 7.24. The topological polar surface area (TPSA) is 69.7 Å². The van der Waals surface area contributed by atoms with Crippen LogP contribution in [-0.4, -0.2) is 18.2 Å². The van der Waals surface area contributed by atoms with Crippen molar-refractivity contribution in [1.82, 2.24) is 0 Å². The molecule has 0 aromatic heterocycles. The van der Waals surface area contributed by atoms with Gasteiger partial charge in [-0.05, 0) is 64.4 Å². The molecule has 0 aliphatic carbocycles. The zero-order chi connectivity index (χ0) is 26.0. The van der Waals surface area contributed by atoms with Crippen LogP contribution in [0.3, 0.4) is 0 Å². The van der Waals surface area contributed by atoms with Crippen LogP contribution < -0.4 is 14.7 Å². The van der Waals surface area contributed by atoms with Gasteiger partial charge in [0.05, 0.1) is 6.54 Å². The number of hydrogen-bond acceptors (Lipinski definition) is 4. The summed E-state index contributed by atoms with van der Waals surface area (Å²) >= 11 is 0. The highest BCUT2D eigenvalue weighted by molar-refractivity contribution is 6.36. The highest BCUT2D eigenvalue weighted by atomic mass is 19.4. The van der Waals surface area contributed by atoms with Gasteiger partial charge in [-0.15, -0.1) is 13.2 Å². The molecule has 8 heteroatoms. The molecule has 0 radical (unpaired) electrons. The van der Waals surface area contributed by atoms with Crippen LogP contribution in [0.15, 0.2) is 66.7 Å². The van der Waals surface area contributed by atoms with Crippen molar-refractivity contribution in [3.05, 3.63) is 83.4 Å². The summed E-state index contributed by atoms with van der Waals surface area (Å²) in [6.45, 7) is 7.99. The maximum atomic E-state index is 12.6. The van der Waals surface area contributed by atoms with E-state index in [4.69, 9.17) is 0 Å². The molecule has 1 amide bonds. The number of amides is 1. The molecule has 0 N–H and O–H groups in total. The summed E-state index contributed by atoms with van der Waals surface area (Å²) in [7, 11) is 0. The number of aliphatic carboxylic acids is 1. The summed E-state index contributed by atoms with van der Waals surface area (Å²) < 4.78 is 41.2. The molecule has 0 atom stereocenters. The summed E-state index contributed by atoms with van der Waals surface area (Å²) in [4.78, 5) is 25.1. The zero-order valence-corrected chi connectivity index (χ0v) is 19.8. The first kappa shape index (κ1) is 25.8. The van der Waals surface area contributed by atoms with Crippen LogP contribution in [-0.2, 0) is 21.5 Å². The second-order valence-electron chi connectivity index (χ2n) is 9.26. The maximum absolute atomic E-state index is 12.6. The molecule has 0 fully saturated rings. The van der Waals surface area contributed by atoms with Crippen LogP contribution in [0.5, 0.6) is 5.75 Å². The standard InChI is InChI=1S/C27H26F3NO4/c1-17-13-20(19-7-11-23(12-8-19)35-27(28,29)30)15-22(14-17)31(24(32)25(33)34)16-18-5-9-21(10-6-18)26(2,3)4/h5-15H,16H2,1-4H3,(H,33,34)/p-1. The van der Waals surface area contributed by atoms with Gasteiger partial charge in [0.15, 0.2) is 0 Å². The van der Waals surface area contributed by atoms with Crippen molar-refractivity contribution in [2.75, 3.05) is 4.90 Å². The van der Waals surface area contributed by atoms with E-state index >= 15 is 0 Å². The number of carboxylic acid groups (broad SMARTS) is 1. The van der Waals surface area contributed by atoms with E-state index in [9.17, 15) is 27.9 Å². The molecular weight excluding hydrogens is 459 g/mol. The van der Waals surface area contributed by atoms with Gasteiger partial charge in [0.1, 0.15) is 11.7 Å². The minimum Gasteiger partial charge on any atom is -0.540 e. The van der Waals surface area contributed by atoms with Crippen LogP contribution in [0.25, 0.3) is 11.1 Å². The Balaban J connectivity index is 1.96. The van der Waals surface area contributed by atoms with Crippen molar-refractivity contribution in [3.63, 3.8) is 0 Å². The fourth-order valence-corrected chi connectivity index (χ4v) is 3.62. The fraction of sp³-hybridized carbons (Fsp3) is 0.259. The SMILES string of the molecule is Cc1cc(-c2ccc(OC(F)(F)F)cc2)cc(N(Cc2ccc(C(C)(C)C)cc2)C(=O)C(=O)[O-])c1. The lowest BCUT2D eigenvalue weighted by Gasteiger charge is -2.25. The number of carbonyl (C=O) groups excluding carboxylic acids is 2. The lowest BCUT2D eigenvalue weighted by Crippen LogP contribution is -2.44. The summed E-state index contributed by atoms with van der Waals surface area (Å²) in [6, 6.07) is 17.9. The summed E-state index contributed by atoms with van der Waals surface area (Å²) in [5, 5.41) is 11.5. The normalized spacial score (nSPS) is 11.7. The number of anilines is 1. The molecule has 0 aliphatic heterocycles. The molecule has 0 saturated heterocycles. The number of benzene rings is 3. The van der Waals surface area contributed by atoms with E-state index in [0.29, 0.717) is 16.8 Å². The van der Waals surface area contributed by atoms with Crippen LogP contribution in [0.1, 0.15) is 37.5 Å². The number of halogens is 3. The van der Waals surface area contributed by atoms with E-state index in [2.05, 4.69) is 25.5 Å². The van der Waals surface area contributed by atoms with Gasteiger partial charge in [0, 0.05) is 5.69 Å². The first-order valence-corrected chi connectivity index (χ1v) is 10.8. The number of carbonyl (C=O) groups is 2. The summed E-state index contributed by atoms with van der Waals surface area (Å²) in [5.41, 5.74) is 3.97. The van der Waals surface area contributed by atoms with Crippen LogP contribution in [0.2, 0.25) is 0 Å². The van der Waals surface area contributed by atoms with Crippen molar-refractivity contribution >= 4 is 17.6 Å². The van der Waals surface area contributed by atoms with E-state index in [1.54, 1.807) is 25.1 Å². The van der Waals surface area contributed by atoms with Crippen LogP contribution >= 0.6 is 0 Å². The first-order valence-electron chi connectivity index (χ1n) is 10.8. The third-order valence-corrected chi connectivity index (χ3v) is 5.38. The molecule has 0 heterocycles. The average molecular weight is 484 g/mol. The summed E-state index contributed by atoms with van der Waals surface area (Å²) in [5.74, 6) is -3.40. The van der Waals surface area contributed by atoms with Crippen molar-refractivity contribution < 1.29 is 32.6 Å². The van der Waals surface area contributed by atoms with Gasteiger partial charge in [0.25, 0.3) is 5.91 Å². The van der Waals surface area contributed by atoms with E-state index in [1.165, 1.54) is 24.3 Å². The molecule has 0 saturated carbocycles. The van der Waals surface area contributed by atoms with Gasteiger partial charge in [-0.2, -0.15) is 0 Å². The highest BCUT2D eigenvalue weighted by Gasteiger charge is 2.31. The third kappa shape index (κ3) is 6.85. The monoisotopic (exact) mass is 484 g/mol. The molecule has 0 aliphatic rings. The molecule has 0 unspecified atom stereocenters. The molecule has 3 aromatic carbocycles. The van der Waals surface area contributed by atoms with Crippen LogP contribution in [0, 0.1) is 6.92 Å². The Morgan fingerprint density at radius 3 is 2.00 bits per heavy atom. The molecule has 35 heavy (non-hydrogen) atoms. The van der Waals surface area contributed by atoms with Gasteiger partial charge in [-0.1, -0.05) is 63.2 Å². The van der Waals surface area contributed by atoms with E-state index in [1.807, 2.05) is 24.3 Å². The zero-order valence-electron chi connectivity index (χ0n) is 19.8. The number of nitrogens with zero attached hydrogens (tertiary/aromatic N) is 1. The summed E-state index contributed by atoms with van der Waals surface area (Å²) in [6.07, 6.45) is -4.80. The Hall–Kier alpha value is -3.81. The van der Waals surface area contributed by atoms with Crippen molar-refractivity contribution in [2.24, 2.45) is 0 Å². The highest BCUT2D eigenvalue weighted by Crippen LogP contribution is 2.31. The van der Waals surface area contributed by atoms with Gasteiger partial charge < -0.3 is 19.5 Å². The fourth-order valence-electron chi connectivity index (χ4n) is 3.62. The molecule has 0 spiro atoms. The van der Waals surface area contributed by atoms with E-state index < -0.39 is 18.2 Å². The number of carboxylic acids is 1. The number of aryl methyl sites for hydroxylation is 1. The molecule has 5 nitrogen and oxygen atoms in total. The Morgan fingerprint density at radius 2 is 1.49 bits per heavy atom. The number of hydrogen-bond donors (Lipinski definition) is 0. The smallest absolute Gasteiger partial charge is 0.540 e. The van der Waals surface area contributed by atoms with E-state index in [0.717, 1.165) is 21.6 Å². The minimum absolute atomic E-state index is 0.00150. The predicted molar refractivity (Wildman–Crippen MR) is 125 cm³/mol. The number of alkyl halides is 3. The Morgan fingerprint density at radius 1 is 0.886 bits per heavy atom. The lowest BCUT2D eigenvalue weighted by atomic mass is 9.87. The minimum atomic E-state index is -4.80. The van der Waals surface area contributed by atoms with Gasteiger partial charge in [-0.25, -0.2) is 0 Å². The largest absolute Gasteiger partial charge is 0.573 e. The quantitative estimate of drug-likeness (QED) is 0.470. The second kappa shape index (κ2) is 9.82. The lowest BCUT2D eigenvalue weighted by molar-refractivity contribution is -0.300.